The summed E-state index contributed by atoms with van der Waals surface area (Å²) in [4.78, 5) is 8.90. The number of hydrogen-bond donors (Lipinski definition) is 2. The maximum atomic E-state index is 4.76. The molecule has 1 aliphatic rings. The molecule has 2 aromatic rings. The minimum absolute atomic E-state index is 0.760. The molecule has 0 bridgehead atoms. The Bertz CT molecular complexity index is 562. The second kappa shape index (κ2) is 7.90. The SMILES string of the molecule is c1cncc(CNc2cccc(C[C@@H]3CCCNCC3)n2)c1. The minimum atomic E-state index is 0.760. The molecular weight excluding hydrogens is 272 g/mol. The van der Waals surface area contributed by atoms with Crippen LogP contribution in [0, 0.1) is 5.92 Å². The van der Waals surface area contributed by atoms with E-state index in [-0.39, 0.29) is 0 Å². The number of aromatic nitrogens is 2. The average molecular weight is 296 g/mol. The van der Waals surface area contributed by atoms with Gasteiger partial charge in [-0.15, -0.1) is 0 Å². The van der Waals surface area contributed by atoms with Crippen molar-refractivity contribution >= 4 is 5.82 Å². The molecule has 116 valence electrons. The van der Waals surface area contributed by atoms with E-state index in [0.717, 1.165) is 37.8 Å². The van der Waals surface area contributed by atoms with Crippen molar-refractivity contribution < 1.29 is 0 Å². The lowest BCUT2D eigenvalue weighted by Crippen LogP contribution is -2.14. The fourth-order valence-electron chi connectivity index (χ4n) is 2.98. The molecule has 3 rings (SSSR count). The van der Waals surface area contributed by atoms with Crippen LogP contribution in [0.5, 0.6) is 0 Å². The van der Waals surface area contributed by atoms with Crippen molar-refractivity contribution in [3.63, 3.8) is 0 Å². The highest BCUT2D eigenvalue weighted by Gasteiger charge is 2.13. The van der Waals surface area contributed by atoms with Crippen LogP contribution in [0.3, 0.4) is 0 Å². The van der Waals surface area contributed by atoms with Crippen LogP contribution < -0.4 is 10.6 Å². The van der Waals surface area contributed by atoms with Crippen LogP contribution in [0.2, 0.25) is 0 Å². The summed E-state index contributed by atoms with van der Waals surface area (Å²) in [6.07, 6.45) is 8.62. The van der Waals surface area contributed by atoms with Crippen molar-refractivity contribution in [2.75, 3.05) is 18.4 Å². The van der Waals surface area contributed by atoms with Gasteiger partial charge in [-0.25, -0.2) is 4.98 Å². The van der Waals surface area contributed by atoms with E-state index >= 15 is 0 Å². The van der Waals surface area contributed by atoms with E-state index in [0.29, 0.717) is 0 Å². The van der Waals surface area contributed by atoms with Gasteiger partial charge in [-0.05, 0) is 68.5 Å². The lowest BCUT2D eigenvalue weighted by molar-refractivity contribution is 0.465. The monoisotopic (exact) mass is 296 g/mol. The molecule has 3 heterocycles. The van der Waals surface area contributed by atoms with Gasteiger partial charge < -0.3 is 10.6 Å². The normalized spacial score (nSPS) is 18.6. The van der Waals surface area contributed by atoms with E-state index in [1.807, 2.05) is 18.3 Å². The highest BCUT2D eigenvalue weighted by Crippen LogP contribution is 2.19. The smallest absolute Gasteiger partial charge is 0.126 e. The van der Waals surface area contributed by atoms with Crippen LogP contribution in [-0.4, -0.2) is 23.1 Å². The molecular formula is C18H24N4. The summed E-state index contributed by atoms with van der Waals surface area (Å²) < 4.78 is 0. The maximum Gasteiger partial charge on any atom is 0.126 e. The van der Waals surface area contributed by atoms with Gasteiger partial charge in [0.05, 0.1) is 0 Å². The molecule has 0 spiro atoms. The molecule has 0 amide bonds. The van der Waals surface area contributed by atoms with Gasteiger partial charge in [-0.3, -0.25) is 4.98 Å². The zero-order valence-electron chi connectivity index (χ0n) is 13.0. The van der Waals surface area contributed by atoms with Gasteiger partial charge in [0.1, 0.15) is 5.82 Å². The molecule has 0 unspecified atom stereocenters. The molecule has 1 aliphatic heterocycles. The molecule has 2 N–H and O–H groups in total. The van der Waals surface area contributed by atoms with Gasteiger partial charge in [-0.2, -0.15) is 0 Å². The van der Waals surface area contributed by atoms with Crippen LogP contribution in [0.15, 0.2) is 42.7 Å². The number of nitrogens with zero attached hydrogens (tertiary/aromatic N) is 2. The molecule has 0 radical (unpaired) electrons. The van der Waals surface area contributed by atoms with E-state index in [1.165, 1.54) is 30.5 Å². The summed E-state index contributed by atoms with van der Waals surface area (Å²) in [5.74, 6) is 1.71. The number of hydrogen-bond acceptors (Lipinski definition) is 4. The Morgan fingerprint density at radius 1 is 1.14 bits per heavy atom. The van der Waals surface area contributed by atoms with Crippen LogP contribution in [0.1, 0.15) is 30.5 Å². The Kier molecular flexibility index (Phi) is 5.37. The Morgan fingerprint density at radius 3 is 3.05 bits per heavy atom. The van der Waals surface area contributed by atoms with Crippen molar-refractivity contribution in [3.05, 3.63) is 54.0 Å². The molecule has 4 nitrogen and oxygen atoms in total. The largest absolute Gasteiger partial charge is 0.366 e. The Morgan fingerprint density at radius 2 is 2.14 bits per heavy atom. The van der Waals surface area contributed by atoms with Gasteiger partial charge in [0, 0.05) is 24.6 Å². The molecule has 2 aromatic heterocycles. The molecule has 0 aliphatic carbocycles. The molecule has 0 saturated carbocycles. The van der Waals surface area contributed by atoms with Crippen LogP contribution in [-0.2, 0) is 13.0 Å². The third kappa shape index (κ3) is 4.53. The van der Waals surface area contributed by atoms with Gasteiger partial charge in [0.2, 0.25) is 0 Å². The lowest BCUT2D eigenvalue weighted by Gasteiger charge is -2.14. The third-order valence-corrected chi connectivity index (χ3v) is 4.20. The lowest BCUT2D eigenvalue weighted by atomic mass is 9.95. The van der Waals surface area contributed by atoms with Gasteiger partial charge in [0.25, 0.3) is 0 Å². The van der Waals surface area contributed by atoms with Crippen molar-refractivity contribution in [2.24, 2.45) is 5.92 Å². The quantitative estimate of drug-likeness (QED) is 0.890. The zero-order chi connectivity index (χ0) is 15.0. The van der Waals surface area contributed by atoms with E-state index in [9.17, 15) is 0 Å². The highest BCUT2D eigenvalue weighted by atomic mass is 15.0. The molecule has 4 heteroatoms. The first-order valence-electron chi connectivity index (χ1n) is 8.19. The summed E-state index contributed by atoms with van der Waals surface area (Å²) in [6.45, 7) is 3.07. The first-order chi connectivity index (χ1) is 10.9. The van der Waals surface area contributed by atoms with Gasteiger partial charge in [0.15, 0.2) is 0 Å². The van der Waals surface area contributed by atoms with E-state index < -0.39 is 0 Å². The molecule has 0 aromatic carbocycles. The van der Waals surface area contributed by atoms with Gasteiger partial charge >= 0.3 is 0 Å². The number of anilines is 1. The first kappa shape index (κ1) is 15.0. The Hall–Kier alpha value is -1.94. The standard InChI is InChI=1S/C18H24N4/c1-6-17(12-15-4-2-9-19-11-8-15)22-18(7-1)21-14-16-5-3-10-20-13-16/h1,3,5-7,10,13,15,19H,2,4,8-9,11-12,14H2,(H,21,22)/t15-/m1/s1. The van der Waals surface area contributed by atoms with E-state index in [1.54, 1.807) is 6.20 Å². The van der Waals surface area contributed by atoms with Crippen LogP contribution >= 0.6 is 0 Å². The van der Waals surface area contributed by atoms with E-state index in [2.05, 4.69) is 33.8 Å². The predicted molar refractivity (Wildman–Crippen MR) is 89.7 cm³/mol. The average Bonchev–Trinajstić information content (AvgIpc) is 2.83. The fourth-order valence-corrected chi connectivity index (χ4v) is 2.98. The first-order valence-corrected chi connectivity index (χ1v) is 8.19. The van der Waals surface area contributed by atoms with Crippen molar-refractivity contribution in [2.45, 2.75) is 32.2 Å². The second-order valence-corrected chi connectivity index (χ2v) is 5.98. The summed E-state index contributed by atoms with van der Waals surface area (Å²) in [7, 11) is 0. The van der Waals surface area contributed by atoms with Gasteiger partial charge in [-0.1, -0.05) is 12.1 Å². The predicted octanol–water partition coefficient (Wildman–Crippen LogP) is 3.02. The molecule has 1 atom stereocenters. The Labute approximate surface area is 132 Å². The summed E-state index contributed by atoms with van der Waals surface area (Å²) >= 11 is 0. The topological polar surface area (TPSA) is 49.8 Å². The summed E-state index contributed by atoms with van der Waals surface area (Å²) in [5, 5.41) is 6.86. The number of rotatable bonds is 5. The minimum Gasteiger partial charge on any atom is -0.366 e. The van der Waals surface area contributed by atoms with Crippen LogP contribution in [0.4, 0.5) is 5.82 Å². The number of pyridine rings is 2. The molecule has 1 fully saturated rings. The van der Waals surface area contributed by atoms with Crippen molar-refractivity contribution in [3.8, 4) is 0 Å². The van der Waals surface area contributed by atoms with Crippen molar-refractivity contribution in [1.82, 2.24) is 15.3 Å². The van der Waals surface area contributed by atoms with Crippen LogP contribution in [0.25, 0.3) is 0 Å². The fraction of sp³-hybridized carbons (Fsp3) is 0.444. The molecule has 1 saturated heterocycles. The molecule has 22 heavy (non-hydrogen) atoms. The van der Waals surface area contributed by atoms with E-state index in [4.69, 9.17) is 4.98 Å². The summed E-state index contributed by atoms with van der Waals surface area (Å²) in [5.41, 5.74) is 2.37. The maximum absolute atomic E-state index is 4.76. The summed E-state index contributed by atoms with van der Waals surface area (Å²) in [6, 6.07) is 10.3. The zero-order valence-corrected chi connectivity index (χ0v) is 13.0. The Balaban J connectivity index is 1.57. The number of nitrogens with one attached hydrogen (secondary N) is 2. The highest BCUT2D eigenvalue weighted by molar-refractivity contribution is 5.36. The third-order valence-electron chi connectivity index (χ3n) is 4.20. The van der Waals surface area contributed by atoms with Crippen molar-refractivity contribution in [1.29, 1.82) is 0 Å². The second-order valence-electron chi connectivity index (χ2n) is 5.98.